The predicted molar refractivity (Wildman–Crippen MR) is 67.0 cm³/mol. The Morgan fingerprint density at radius 1 is 1.44 bits per heavy atom. The van der Waals surface area contributed by atoms with E-state index in [1.807, 2.05) is 26.8 Å². The fourth-order valence-corrected chi connectivity index (χ4v) is 1.72. The average Bonchev–Trinajstić information content (AvgIpc) is 2.25. The summed E-state index contributed by atoms with van der Waals surface area (Å²) in [7, 11) is 0. The van der Waals surface area contributed by atoms with Gasteiger partial charge in [-0.1, -0.05) is 13.3 Å². The molecule has 1 heterocycles. The number of rotatable bonds is 3. The summed E-state index contributed by atoms with van der Waals surface area (Å²) in [6, 6.07) is 4.29. The molecule has 0 unspecified atom stereocenters. The van der Waals surface area contributed by atoms with E-state index < -0.39 is 0 Å². The van der Waals surface area contributed by atoms with Gasteiger partial charge in [0.25, 0.3) is 0 Å². The Bertz CT molecular complexity index is 451. The van der Waals surface area contributed by atoms with E-state index in [9.17, 15) is 0 Å². The number of aromatic nitrogens is 1. The molecule has 0 fully saturated rings. The molecule has 0 aliphatic heterocycles. The van der Waals surface area contributed by atoms with E-state index >= 15 is 0 Å². The summed E-state index contributed by atoms with van der Waals surface area (Å²) in [4.78, 5) is 4.53. The molecule has 0 N–H and O–H groups in total. The maximum atomic E-state index is 8.78. The highest BCUT2D eigenvalue weighted by molar-refractivity contribution is 5.59. The third kappa shape index (κ3) is 2.93. The average molecular weight is 214 g/mol. The van der Waals surface area contributed by atoms with Gasteiger partial charge < -0.3 is 0 Å². The lowest BCUT2D eigenvalue weighted by Gasteiger charge is -2.08. The Hall–Kier alpha value is -1.62. The number of pyridine rings is 1. The molecule has 0 radical (unpaired) electrons. The molecule has 1 rings (SSSR count). The molecule has 0 saturated carbocycles. The van der Waals surface area contributed by atoms with Crippen LogP contribution in [0.15, 0.2) is 11.6 Å². The molecule has 1 aromatic rings. The Morgan fingerprint density at radius 2 is 2.12 bits per heavy atom. The van der Waals surface area contributed by atoms with E-state index in [1.54, 1.807) is 0 Å². The quantitative estimate of drug-likeness (QED) is 0.721. The molecule has 0 bridgehead atoms. The van der Waals surface area contributed by atoms with Gasteiger partial charge in [0, 0.05) is 17.0 Å². The van der Waals surface area contributed by atoms with Crippen molar-refractivity contribution >= 4 is 6.08 Å². The molecular formula is C14H18N2. The summed E-state index contributed by atoms with van der Waals surface area (Å²) in [5, 5.41) is 8.78. The van der Waals surface area contributed by atoms with Crippen LogP contribution in [0.2, 0.25) is 0 Å². The van der Waals surface area contributed by atoms with Crippen LogP contribution < -0.4 is 0 Å². The monoisotopic (exact) mass is 214 g/mol. The van der Waals surface area contributed by atoms with Gasteiger partial charge in [0.05, 0.1) is 6.07 Å². The Balaban J connectivity index is 3.20. The van der Waals surface area contributed by atoms with Crippen LogP contribution in [0, 0.1) is 25.2 Å². The first-order valence-corrected chi connectivity index (χ1v) is 5.64. The van der Waals surface area contributed by atoms with Crippen LogP contribution >= 0.6 is 0 Å². The minimum Gasteiger partial charge on any atom is -0.258 e. The second-order valence-electron chi connectivity index (χ2n) is 4.10. The van der Waals surface area contributed by atoms with E-state index in [4.69, 9.17) is 5.26 Å². The summed E-state index contributed by atoms with van der Waals surface area (Å²) in [6.45, 7) is 8.01. The predicted octanol–water partition coefficient (Wildman–Crippen LogP) is 3.58. The second kappa shape index (κ2) is 5.46. The van der Waals surface area contributed by atoms with Crippen molar-refractivity contribution in [1.82, 2.24) is 4.98 Å². The normalized spacial score (nSPS) is 11.3. The summed E-state index contributed by atoms with van der Waals surface area (Å²) >= 11 is 0. The van der Waals surface area contributed by atoms with Gasteiger partial charge in [-0.05, 0) is 50.5 Å². The first kappa shape index (κ1) is 12.4. The minimum absolute atomic E-state index is 0.719. The lowest BCUT2D eigenvalue weighted by Crippen LogP contribution is -1.97. The van der Waals surface area contributed by atoms with Gasteiger partial charge in [-0.15, -0.1) is 0 Å². The van der Waals surface area contributed by atoms with Crippen LogP contribution in [0.5, 0.6) is 0 Å². The molecule has 0 spiro atoms. The zero-order chi connectivity index (χ0) is 12.1. The lowest BCUT2D eigenvalue weighted by molar-refractivity contribution is 0.892. The van der Waals surface area contributed by atoms with Gasteiger partial charge in [-0.25, -0.2) is 0 Å². The van der Waals surface area contributed by atoms with Crippen molar-refractivity contribution < 1.29 is 0 Å². The number of nitrogens with zero attached hydrogens (tertiary/aromatic N) is 2. The maximum absolute atomic E-state index is 8.78. The Labute approximate surface area is 97.6 Å². The molecule has 0 atom stereocenters. The van der Waals surface area contributed by atoms with Gasteiger partial charge in [0.2, 0.25) is 0 Å². The van der Waals surface area contributed by atoms with Gasteiger partial charge >= 0.3 is 0 Å². The molecule has 0 aliphatic carbocycles. The van der Waals surface area contributed by atoms with Gasteiger partial charge in [0.1, 0.15) is 0 Å². The highest BCUT2D eigenvalue weighted by atomic mass is 14.7. The van der Waals surface area contributed by atoms with Crippen molar-refractivity contribution in [2.45, 2.75) is 40.5 Å². The molecule has 2 nitrogen and oxygen atoms in total. The standard InChI is InChI=1S/C14H18N2/c1-5-6-13-8-14(7-10(2)9-15)12(4)16-11(13)3/h7-8H,5-6H2,1-4H3/b10-7+. The zero-order valence-corrected chi connectivity index (χ0v) is 10.5. The topological polar surface area (TPSA) is 36.7 Å². The van der Waals surface area contributed by atoms with E-state index in [0.29, 0.717) is 0 Å². The van der Waals surface area contributed by atoms with Gasteiger partial charge in [-0.3, -0.25) is 4.98 Å². The van der Waals surface area contributed by atoms with Crippen LogP contribution in [0.4, 0.5) is 0 Å². The third-order valence-electron chi connectivity index (χ3n) is 2.62. The van der Waals surface area contributed by atoms with Crippen LogP contribution in [-0.2, 0) is 6.42 Å². The Morgan fingerprint density at radius 3 is 2.69 bits per heavy atom. The highest BCUT2D eigenvalue weighted by Crippen LogP contribution is 2.16. The number of allylic oxidation sites excluding steroid dienone is 1. The fourth-order valence-electron chi connectivity index (χ4n) is 1.72. The van der Waals surface area contributed by atoms with Crippen molar-refractivity contribution in [3.05, 3.63) is 34.2 Å². The zero-order valence-electron chi connectivity index (χ0n) is 10.5. The van der Waals surface area contributed by atoms with Crippen LogP contribution in [0.3, 0.4) is 0 Å². The van der Waals surface area contributed by atoms with E-state index in [-0.39, 0.29) is 0 Å². The van der Waals surface area contributed by atoms with Gasteiger partial charge in [-0.2, -0.15) is 5.26 Å². The van der Waals surface area contributed by atoms with Crippen LogP contribution in [0.25, 0.3) is 6.08 Å². The molecular weight excluding hydrogens is 196 g/mol. The highest BCUT2D eigenvalue weighted by Gasteiger charge is 2.04. The number of hydrogen-bond donors (Lipinski definition) is 0. The van der Waals surface area contributed by atoms with Crippen LogP contribution in [0.1, 0.15) is 42.8 Å². The minimum atomic E-state index is 0.719. The summed E-state index contributed by atoms with van der Waals surface area (Å²) < 4.78 is 0. The number of nitriles is 1. The Kier molecular flexibility index (Phi) is 4.25. The smallest absolute Gasteiger partial charge is 0.0944 e. The van der Waals surface area contributed by atoms with E-state index in [2.05, 4.69) is 24.0 Å². The molecule has 84 valence electrons. The fraction of sp³-hybridized carbons (Fsp3) is 0.429. The number of hydrogen-bond acceptors (Lipinski definition) is 2. The molecule has 0 aliphatic rings. The SMILES string of the molecule is CCCc1cc(/C=C(\C)C#N)c(C)nc1C. The van der Waals surface area contributed by atoms with Crippen molar-refractivity contribution in [1.29, 1.82) is 5.26 Å². The second-order valence-corrected chi connectivity index (χ2v) is 4.10. The number of aryl methyl sites for hydroxylation is 3. The largest absolute Gasteiger partial charge is 0.258 e. The van der Waals surface area contributed by atoms with Gasteiger partial charge in [0.15, 0.2) is 0 Å². The maximum Gasteiger partial charge on any atom is 0.0944 e. The molecule has 0 aromatic carbocycles. The van der Waals surface area contributed by atoms with E-state index in [1.165, 1.54) is 5.56 Å². The van der Waals surface area contributed by atoms with Crippen molar-refractivity contribution in [3.63, 3.8) is 0 Å². The molecule has 0 amide bonds. The molecule has 2 heteroatoms. The summed E-state index contributed by atoms with van der Waals surface area (Å²) in [5.41, 5.74) is 5.16. The third-order valence-corrected chi connectivity index (χ3v) is 2.62. The molecule has 1 aromatic heterocycles. The lowest BCUT2D eigenvalue weighted by atomic mass is 10.0. The van der Waals surface area contributed by atoms with Crippen LogP contribution in [-0.4, -0.2) is 4.98 Å². The summed E-state index contributed by atoms with van der Waals surface area (Å²) in [5.74, 6) is 0. The van der Waals surface area contributed by atoms with E-state index in [0.717, 1.165) is 35.4 Å². The van der Waals surface area contributed by atoms with Crippen molar-refractivity contribution in [3.8, 4) is 6.07 Å². The summed E-state index contributed by atoms with van der Waals surface area (Å²) in [6.07, 6.45) is 4.07. The van der Waals surface area contributed by atoms with Crippen molar-refractivity contribution in [2.24, 2.45) is 0 Å². The first-order chi connectivity index (χ1) is 7.58. The molecule has 0 saturated heterocycles. The first-order valence-electron chi connectivity index (χ1n) is 5.64. The molecule has 16 heavy (non-hydrogen) atoms. The van der Waals surface area contributed by atoms with Crippen molar-refractivity contribution in [2.75, 3.05) is 0 Å².